The second-order valence-electron chi connectivity index (χ2n) is 6.84. The number of carbonyl (C=O) groups is 1. The van der Waals surface area contributed by atoms with Gasteiger partial charge in [-0.05, 0) is 61.0 Å². The summed E-state index contributed by atoms with van der Waals surface area (Å²) in [4.78, 5) is 18.6. The maximum absolute atomic E-state index is 12.1. The first-order valence-electron chi connectivity index (χ1n) is 9.15. The fraction of sp³-hybridized carbons (Fsp3) is 0.333. The second-order valence-corrected chi connectivity index (χ2v) is 8.68. The van der Waals surface area contributed by atoms with E-state index in [0.29, 0.717) is 12.2 Å². The van der Waals surface area contributed by atoms with Crippen LogP contribution in [0.1, 0.15) is 33.5 Å². The van der Waals surface area contributed by atoms with Crippen LogP contribution in [-0.2, 0) is 13.1 Å². The molecular formula is C21H25N3O2S2. The highest BCUT2D eigenvalue weighted by Gasteiger charge is 2.12. The minimum atomic E-state index is -0.163. The van der Waals surface area contributed by atoms with Gasteiger partial charge in [-0.1, -0.05) is 12.1 Å². The van der Waals surface area contributed by atoms with E-state index >= 15 is 0 Å². The molecule has 2 aromatic heterocycles. The molecule has 0 spiro atoms. The Morgan fingerprint density at radius 3 is 2.79 bits per heavy atom. The van der Waals surface area contributed by atoms with Crippen molar-refractivity contribution in [3.63, 3.8) is 0 Å². The summed E-state index contributed by atoms with van der Waals surface area (Å²) in [7, 11) is 2.11. The smallest absolute Gasteiger partial charge is 0.270 e. The molecule has 0 aliphatic heterocycles. The number of hydrogen-bond donors (Lipinski definition) is 1. The average molecular weight is 416 g/mol. The van der Waals surface area contributed by atoms with E-state index in [4.69, 9.17) is 4.74 Å². The SMILES string of the molecule is Cc1nc(C(=O)NCC(C)Oc2cccc(CN(C)Cc3ccsc3)c2)cs1. The molecule has 1 N–H and O–H groups in total. The van der Waals surface area contributed by atoms with Crippen LogP contribution in [0.5, 0.6) is 5.75 Å². The van der Waals surface area contributed by atoms with Gasteiger partial charge in [0.05, 0.1) is 11.6 Å². The van der Waals surface area contributed by atoms with Crippen molar-refractivity contribution in [2.45, 2.75) is 33.0 Å². The summed E-state index contributed by atoms with van der Waals surface area (Å²) in [5.74, 6) is 0.649. The predicted octanol–water partition coefficient (Wildman–Crippen LogP) is 4.34. The van der Waals surface area contributed by atoms with Crippen LogP contribution in [0.2, 0.25) is 0 Å². The number of rotatable bonds is 9. The average Bonchev–Trinajstić information content (AvgIpc) is 3.31. The summed E-state index contributed by atoms with van der Waals surface area (Å²) in [6, 6.07) is 10.3. The third-order valence-corrected chi connectivity index (χ3v) is 5.63. The summed E-state index contributed by atoms with van der Waals surface area (Å²) in [5.41, 5.74) is 2.99. The molecule has 3 rings (SSSR count). The molecule has 0 fully saturated rings. The maximum atomic E-state index is 12.1. The highest BCUT2D eigenvalue weighted by molar-refractivity contribution is 7.09. The van der Waals surface area contributed by atoms with Gasteiger partial charge in [0.15, 0.2) is 0 Å². The van der Waals surface area contributed by atoms with Gasteiger partial charge in [0, 0.05) is 18.5 Å². The first-order chi connectivity index (χ1) is 13.5. The van der Waals surface area contributed by atoms with Gasteiger partial charge in [-0.25, -0.2) is 4.98 Å². The molecule has 5 nitrogen and oxygen atoms in total. The molecule has 0 aliphatic carbocycles. The number of benzene rings is 1. The molecule has 148 valence electrons. The molecule has 7 heteroatoms. The number of aryl methyl sites for hydroxylation is 1. The molecule has 0 saturated heterocycles. The Hall–Kier alpha value is -2.22. The largest absolute Gasteiger partial charge is 0.489 e. The van der Waals surface area contributed by atoms with E-state index in [0.717, 1.165) is 23.8 Å². The van der Waals surface area contributed by atoms with E-state index in [-0.39, 0.29) is 12.0 Å². The van der Waals surface area contributed by atoms with Crippen LogP contribution in [0, 0.1) is 6.92 Å². The molecule has 3 aromatic rings. The molecule has 0 bridgehead atoms. The molecule has 28 heavy (non-hydrogen) atoms. The van der Waals surface area contributed by atoms with Gasteiger partial charge in [-0.2, -0.15) is 11.3 Å². The van der Waals surface area contributed by atoms with E-state index in [1.54, 1.807) is 16.7 Å². The lowest BCUT2D eigenvalue weighted by atomic mass is 10.2. The van der Waals surface area contributed by atoms with Gasteiger partial charge >= 0.3 is 0 Å². The predicted molar refractivity (Wildman–Crippen MR) is 115 cm³/mol. The molecular weight excluding hydrogens is 390 g/mol. The number of nitrogens with one attached hydrogen (secondary N) is 1. The maximum Gasteiger partial charge on any atom is 0.270 e. The Kier molecular flexibility index (Phi) is 7.19. The van der Waals surface area contributed by atoms with Crippen molar-refractivity contribution in [1.29, 1.82) is 0 Å². The van der Waals surface area contributed by atoms with Crippen LogP contribution in [0.25, 0.3) is 0 Å². The first kappa shape index (κ1) is 20.5. The van der Waals surface area contributed by atoms with Gasteiger partial charge < -0.3 is 10.1 Å². The summed E-state index contributed by atoms with van der Waals surface area (Å²) in [6.45, 7) is 6.03. The molecule has 0 saturated carbocycles. The molecule has 1 atom stereocenters. The summed E-state index contributed by atoms with van der Waals surface area (Å²) in [6.07, 6.45) is -0.137. The number of nitrogens with zero attached hydrogens (tertiary/aromatic N) is 2. The number of hydrogen-bond acceptors (Lipinski definition) is 6. The van der Waals surface area contributed by atoms with E-state index in [1.807, 2.05) is 26.0 Å². The van der Waals surface area contributed by atoms with Crippen LogP contribution in [0.15, 0.2) is 46.5 Å². The van der Waals surface area contributed by atoms with Crippen LogP contribution < -0.4 is 10.1 Å². The summed E-state index contributed by atoms with van der Waals surface area (Å²) >= 11 is 3.19. The van der Waals surface area contributed by atoms with Gasteiger partial charge in [0.2, 0.25) is 0 Å². The van der Waals surface area contributed by atoms with Crippen molar-refractivity contribution < 1.29 is 9.53 Å². The lowest BCUT2D eigenvalue weighted by Gasteiger charge is -2.18. The van der Waals surface area contributed by atoms with Crippen LogP contribution >= 0.6 is 22.7 Å². The van der Waals surface area contributed by atoms with Gasteiger partial charge in [-0.3, -0.25) is 9.69 Å². The topological polar surface area (TPSA) is 54.5 Å². The molecule has 0 aliphatic rings. The molecule has 1 aromatic carbocycles. The van der Waals surface area contributed by atoms with E-state index in [1.165, 1.54) is 22.5 Å². The standard InChI is InChI=1S/C21H25N3O2S2/c1-15(10-22-21(25)20-14-28-16(2)23-20)26-19-6-4-5-17(9-19)11-24(3)12-18-7-8-27-13-18/h4-9,13-15H,10-12H2,1-3H3,(H,22,25). The Bertz CT molecular complexity index is 893. The third-order valence-electron chi connectivity index (χ3n) is 4.12. The highest BCUT2D eigenvalue weighted by atomic mass is 32.1. The summed E-state index contributed by atoms with van der Waals surface area (Å²) < 4.78 is 5.98. The fourth-order valence-electron chi connectivity index (χ4n) is 2.85. The number of aromatic nitrogens is 1. The van der Waals surface area contributed by atoms with Crippen molar-refractivity contribution in [3.05, 3.63) is 68.3 Å². The van der Waals surface area contributed by atoms with Crippen molar-refractivity contribution in [2.24, 2.45) is 0 Å². The highest BCUT2D eigenvalue weighted by Crippen LogP contribution is 2.17. The van der Waals surface area contributed by atoms with E-state index in [9.17, 15) is 4.79 Å². The van der Waals surface area contributed by atoms with Crippen LogP contribution in [0.4, 0.5) is 0 Å². The monoisotopic (exact) mass is 415 g/mol. The van der Waals surface area contributed by atoms with Crippen molar-refractivity contribution in [3.8, 4) is 5.75 Å². The quantitative estimate of drug-likeness (QED) is 0.565. The number of carbonyl (C=O) groups excluding carboxylic acids is 1. The number of ether oxygens (including phenoxy) is 1. The Labute approximate surface area is 174 Å². The van der Waals surface area contributed by atoms with Crippen LogP contribution in [-0.4, -0.2) is 35.5 Å². The van der Waals surface area contributed by atoms with Crippen molar-refractivity contribution in [2.75, 3.05) is 13.6 Å². The number of thiazole rings is 1. The molecule has 2 heterocycles. The Balaban J connectivity index is 1.48. The van der Waals surface area contributed by atoms with Gasteiger partial charge in [-0.15, -0.1) is 11.3 Å². The zero-order chi connectivity index (χ0) is 19.9. The minimum absolute atomic E-state index is 0.137. The Morgan fingerprint density at radius 2 is 2.07 bits per heavy atom. The normalized spacial score (nSPS) is 12.1. The number of amides is 1. The molecule has 1 amide bonds. The van der Waals surface area contributed by atoms with Gasteiger partial charge in [0.1, 0.15) is 17.5 Å². The third kappa shape index (κ3) is 6.15. The fourth-order valence-corrected chi connectivity index (χ4v) is 4.10. The molecule has 1 unspecified atom stereocenters. The number of thiophene rings is 1. The Morgan fingerprint density at radius 1 is 1.25 bits per heavy atom. The van der Waals surface area contributed by atoms with Gasteiger partial charge in [0.25, 0.3) is 5.91 Å². The van der Waals surface area contributed by atoms with Crippen molar-refractivity contribution >= 4 is 28.6 Å². The minimum Gasteiger partial charge on any atom is -0.489 e. The zero-order valence-electron chi connectivity index (χ0n) is 16.3. The van der Waals surface area contributed by atoms with Crippen LogP contribution in [0.3, 0.4) is 0 Å². The lowest BCUT2D eigenvalue weighted by Crippen LogP contribution is -2.33. The second kappa shape index (κ2) is 9.82. The summed E-state index contributed by atoms with van der Waals surface area (Å²) in [5, 5.41) is 9.82. The zero-order valence-corrected chi connectivity index (χ0v) is 18.0. The first-order valence-corrected chi connectivity index (χ1v) is 11.0. The van der Waals surface area contributed by atoms with Crippen molar-refractivity contribution in [1.82, 2.24) is 15.2 Å². The van der Waals surface area contributed by atoms with E-state index in [2.05, 4.69) is 51.2 Å². The molecule has 0 radical (unpaired) electrons. The van der Waals surface area contributed by atoms with E-state index < -0.39 is 0 Å². The lowest BCUT2D eigenvalue weighted by molar-refractivity contribution is 0.0927.